The molecule has 0 spiro atoms. The van der Waals surface area contributed by atoms with Gasteiger partial charge in [-0.3, -0.25) is 9.89 Å². The number of aliphatic imine (C=N–C) groups is 1. The van der Waals surface area contributed by atoms with Crippen molar-refractivity contribution >= 4 is 29.9 Å². The highest BCUT2D eigenvalue weighted by Gasteiger charge is 2.20. The summed E-state index contributed by atoms with van der Waals surface area (Å²) in [6, 6.07) is 4.10. The van der Waals surface area contributed by atoms with Crippen LogP contribution in [0.2, 0.25) is 0 Å². The molecule has 0 bridgehead atoms. The summed E-state index contributed by atoms with van der Waals surface area (Å²) in [5.41, 5.74) is 5.90. The van der Waals surface area contributed by atoms with Gasteiger partial charge in [0.15, 0.2) is 5.96 Å². The molecule has 0 aliphatic carbocycles. The number of nitrogens with one attached hydrogen (secondary N) is 1. The Hall–Kier alpha value is -0.760. The van der Waals surface area contributed by atoms with Crippen molar-refractivity contribution in [2.75, 3.05) is 26.2 Å². The molecule has 1 aromatic rings. The fourth-order valence-corrected chi connectivity index (χ4v) is 2.09. The number of likely N-dealkylation sites (N-methyl/N-ethyl adjacent to an activating group) is 1. The van der Waals surface area contributed by atoms with E-state index in [9.17, 15) is 0 Å². The molecule has 0 radical (unpaired) electrons. The number of hydrogen-bond donors (Lipinski definition) is 2. The van der Waals surface area contributed by atoms with Crippen LogP contribution in [0, 0.1) is 5.92 Å². The van der Waals surface area contributed by atoms with E-state index in [1.54, 1.807) is 6.26 Å². The van der Waals surface area contributed by atoms with E-state index in [1.807, 2.05) is 12.1 Å². The average Bonchev–Trinajstić information content (AvgIpc) is 2.94. The minimum Gasteiger partial charge on any atom is -0.468 e. The first-order valence-corrected chi connectivity index (χ1v) is 7.39. The van der Waals surface area contributed by atoms with Gasteiger partial charge in [0.25, 0.3) is 0 Å². The van der Waals surface area contributed by atoms with Crippen LogP contribution < -0.4 is 11.1 Å². The molecule has 0 saturated heterocycles. The Morgan fingerprint density at radius 3 is 2.52 bits per heavy atom. The summed E-state index contributed by atoms with van der Waals surface area (Å²) in [6.07, 6.45) is 1.71. The Kier molecular flexibility index (Phi) is 10.5. The number of guanidine groups is 1. The molecule has 1 rings (SSSR count). The molecule has 0 saturated carbocycles. The van der Waals surface area contributed by atoms with E-state index < -0.39 is 0 Å². The first kappa shape index (κ1) is 20.2. The molecule has 122 valence electrons. The maximum Gasteiger partial charge on any atom is 0.188 e. The van der Waals surface area contributed by atoms with Gasteiger partial charge in [0.05, 0.1) is 12.3 Å². The van der Waals surface area contributed by atoms with Crippen molar-refractivity contribution in [3.8, 4) is 0 Å². The highest BCUT2D eigenvalue weighted by atomic mass is 127. The summed E-state index contributed by atoms with van der Waals surface area (Å²) >= 11 is 0. The third-order valence-electron chi connectivity index (χ3n) is 3.23. The summed E-state index contributed by atoms with van der Waals surface area (Å²) in [4.78, 5) is 6.66. The third-order valence-corrected chi connectivity index (χ3v) is 3.23. The molecule has 0 aliphatic heterocycles. The zero-order valence-electron chi connectivity index (χ0n) is 13.5. The van der Waals surface area contributed by atoms with Crippen LogP contribution in [0.1, 0.15) is 39.5 Å². The van der Waals surface area contributed by atoms with Crippen molar-refractivity contribution in [1.82, 2.24) is 10.2 Å². The lowest BCUT2D eigenvalue weighted by molar-refractivity contribution is 0.193. The molecule has 0 fully saturated rings. The molecule has 3 N–H and O–H groups in total. The summed E-state index contributed by atoms with van der Waals surface area (Å²) in [5.74, 6) is 1.97. The van der Waals surface area contributed by atoms with E-state index in [4.69, 9.17) is 10.2 Å². The first-order chi connectivity index (χ1) is 9.58. The maximum atomic E-state index is 5.90. The number of hydrogen-bond acceptors (Lipinski definition) is 3. The molecule has 6 heteroatoms. The summed E-state index contributed by atoms with van der Waals surface area (Å²) in [5, 5.41) is 3.20. The van der Waals surface area contributed by atoms with Gasteiger partial charge in [-0.25, -0.2) is 0 Å². The number of furan rings is 1. The minimum atomic E-state index is 0. The lowest BCUT2D eigenvalue weighted by atomic mass is 10.2. The Labute approximate surface area is 145 Å². The van der Waals surface area contributed by atoms with Gasteiger partial charge in [-0.05, 0) is 31.1 Å². The van der Waals surface area contributed by atoms with E-state index in [0.717, 1.165) is 25.4 Å². The Balaban J connectivity index is 0.00000400. The number of halogens is 1. The standard InChI is InChI=1S/C15H28N4O.HI/c1-5-19(6-2)13(14-8-7-9-20-14)11-18-15(16)17-10-12(3)4;/h7-9,12-13H,5-6,10-11H2,1-4H3,(H3,16,17,18);1H. The van der Waals surface area contributed by atoms with Gasteiger partial charge in [0.2, 0.25) is 0 Å². The van der Waals surface area contributed by atoms with E-state index >= 15 is 0 Å². The summed E-state index contributed by atoms with van der Waals surface area (Å²) < 4.78 is 5.55. The van der Waals surface area contributed by atoms with Crippen molar-refractivity contribution < 1.29 is 4.42 Å². The lowest BCUT2D eigenvalue weighted by Crippen LogP contribution is -2.41. The van der Waals surface area contributed by atoms with Gasteiger partial charge in [-0.1, -0.05) is 27.7 Å². The molecule has 21 heavy (non-hydrogen) atoms. The van der Waals surface area contributed by atoms with Crippen LogP contribution in [0.5, 0.6) is 0 Å². The van der Waals surface area contributed by atoms with Crippen LogP contribution in [-0.2, 0) is 0 Å². The zero-order valence-corrected chi connectivity index (χ0v) is 15.8. The fourth-order valence-electron chi connectivity index (χ4n) is 2.09. The van der Waals surface area contributed by atoms with Crippen LogP contribution in [0.15, 0.2) is 27.8 Å². The molecule has 0 amide bonds. The van der Waals surface area contributed by atoms with Crippen molar-refractivity contribution in [3.05, 3.63) is 24.2 Å². The molecule has 0 aliphatic rings. The van der Waals surface area contributed by atoms with Crippen molar-refractivity contribution in [3.63, 3.8) is 0 Å². The molecule has 1 heterocycles. The van der Waals surface area contributed by atoms with Gasteiger partial charge >= 0.3 is 0 Å². The molecule has 1 aromatic heterocycles. The van der Waals surface area contributed by atoms with Crippen molar-refractivity contribution in [1.29, 1.82) is 0 Å². The van der Waals surface area contributed by atoms with Crippen LogP contribution in [-0.4, -0.2) is 37.0 Å². The molecule has 1 unspecified atom stereocenters. The highest BCUT2D eigenvalue weighted by molar-refractivity contribution is 14.0. The number of nitrogens with two attached hydrogens (primary N) is 1. The normalized spacial score (nSPS) is 13.3. The average molecular weight is 408 g/mol. The van der Waals surface area contributed by atoms with Gasteiger partial charge in [0, 0.05) is 13.1 Å². The predicted octanol–water partition coefficient (Wildman–Crippen LogP) is 2.84. The van der Waals surface area contributed by atoms with Gasteiger partial charge < -0.3 is 15.5 Å². The second-order valence-corrected chi connectivity index (χ2v) is 5.25. The summed E-state index contributed by atoms with van der Waals surface area (Å²) in [6.45, 7) is 11.9. The Morgan fingerprint density at radius 2 is 2.05 bits per heavy atom. The van der Waals surface area contributed by atoms with Gasteiger partial charge in [0.1, 0.15) is 5.76 Å². The molecule has 0 aromatic carbocycles. The monoisotopic (exact) mass is 408 g/mol. The molecule has 5 nitrogen and oxygen atoms in total. The van der Waals surface area contributed by atoms with Crippen molar-refractivity contribution in [2.45, 2.75) is 33.7 Å². The second-order valence-electron chi connectivity index (χ2n) is 5.25. The largest absolute Gasteiger partial charge is 0.468 e. The van der Waals surface area contributed by atoms with Crippen LogP contribution in [0.4, 0.5) is 0 Å². The predicted molar refractivity (Wildman–Crippen MR) is 99.1 cm³/mol. The van der Waals surface area contributed by atoms with E-state index in [0.29, 0.717) is 18.4 Å². The van der Waals surface area contributed by atoms with Crippen molar-refractivity contribution in [2.24, 2.45) is 16.6 Å². The lowest BCUT2D eigenvalue weighted by Gasteiger charge is -2.28. The van der Waals surface area contributed by atoms with E-state index in [-0.39, 0.29) is 30.0 Å². The minimum absolute atomic E-state index is 0. The topological polar surface area (TPSA) is 66.8 Å². The summed E-state index contributed by atoms with van der Waals surface area (Å²) in [7, 11) is 0. The van der Waals surface area contributed by atoms with Gasteiger partial charge in [-0.2, -0.15) is 0 Å². The van der Waals surface area contributed by atoms with Crippen LogP contribution >= 0.6 is 24.0 Å². The third kappa shape index (κ3) is 7.17. The van der Waals surface area contributed by atoms with E-state index in [1.165, 1.54) is 0 Å². The number of nitrogens with zero attached hydrogens (tertiary/aromatic N) is 2. The maximum absolute atomic E-state index is 5.90. The van der Waals surface area contributed by atoms with Crippen LogP contribution in [0.25, 0.3) is 0 Å². The molecular weight excluding hydrogens is 379 g/mol. The Bertz CT molecular complexity index is 388. The quantitative estimate of drug-likeness (QED) is 0.395. The first-order valence-electron chi connectivity index (χ1n) is 7.39. The molecule has 1 atom stereocenters. The van der Waals surface area contributed by atoms with Gasteiger partial charge in [-0.15, -0.1) is 24.0 Å². The second kappa shape index (κ2) is 10.9. The van der Waals surface area contributed by atoms with Crippen LogP contribution in [0.3, 0.4) is 0 Å². The number of rotatable bonds is 8. The fraction of sp³-hybridized carbons (Fsp3) is 0.667. The Morgan fingerprint density at radius 1 is 1.38 bits per heavy atom. The molecular formula is C15H29IN4O. The highest BCUT2D eigenvalue weighted by Crippen LogP contribution is 2.19. The SMILES string of the molecule is CCN(CC)C(CNC(N)=NCC(C)C)c1ccco1.I. The van der Waals surface area contributed by atoms with E-state index in [2.05, 4.69) is 42.9 Å². The zero-order chi connectivity index (χ0) is 15.0. The smallest absolute Gasteiger partial charge is 0.188 e.